The lowest BCUT2D eigenvalue weighted by molar-refractivity contribution is 0.559. The van der Waals surface area contributed by atoms with Crippen molar-refractivity contribution < 1.29 is 8.42 Å². The lowest BCUT2D eigenvalue weighted by Crippen LogP contribution is -2.29. The average molecular weight is 310 g/mol. The normalized spacial score (nSPS) is 13.3. The standard InChI is InChI=1S/C12H18N6O2S/c1-6-5-7(2)11(8(3)10(6)13)21(19,20)16-9(4)12-14-17-18-15-12/h5,9,16H,13H2,1-4H3,(H,14,15,17,18). The molecule has 1 atom stereocenters. The first-order chi connectivity index (χ1) is 9.74. The quantitative estimate of drug-likeness (QED) is 0.715. The maximum Gasteiger partial charge on any atom is 0.241 e. The van der Waals surface area contributed by atoms with E-state index in [0.29, 0.717) is 16.8 Å². The molecule has 0 fully saturated rings. The van der Waals surface area contributed by atoms with Gasteiger partial charge in [-0.3, -0.25) is 0 Å². The number of nitrogens with one attached hydrogen (secondary N) is 2. The molecule has 21 heavy (non-hydrogen) atoms. The molecule has 0 amide bonds. The molecule has 0 saturated carbocycles. The minimum Gasteiger partial charge on any atom is -0.398 e. The Morgan fingerprint density at radius 2 is 1.95 bits per heavy atom. The molecule has 1 heterocycles. The molecule has 4 N–H and O–H groups in total. The molecule has 0 saturated heterocycles. The van der Waals surface area contributed by atoms with Gasteiger partial charge in [0.25, 0.3) is 0 Å². The number of nitrogens with zero attached hydrogens (tertiary/aromatic N) is 3. The number of benzene rings is 1. The van der Waals surface area contributed by atoms with Crippen LogP contribution in [0.15, 0.2) is 11.0 Å². The highest BCUT2D eigenvalue weighted by Crippen LogP contribution is 2.28. The number of aromatic amines is 1. The van der Waals surface area contributed by atoms with E-state index in [2.05, 4.69) is 25.3 Å². The smallest absolute Gasteiger partial charge is 0.241 e. The van der Waals surface area contributed by atoms with Crippen LogP contribution < -0.4 is 10.5 Å². The number of anilines is 1. The second kappa shape index (κ2) is 5.41. The fourth-order valence-corrected chi connectivity index (χ4v) is 3.98. The van der Waals surface area contributed by atoms with Crippen molar-refractivity contribution in [1.82, 2.24) is 25.3 Å². The number of H-pyrrole nitrogens is 1. The van der Waals surface area contributed by atoms with E-state index < -0.39 is 16.1 Å². The first kappa shape index (κ1) is 15.4. The Bertz CT molecular complexity index is 755. The number of hydrogen-bond donors (Lipinski definition) is 3. The van der Waals surface area contributed by atoms with Gasteiger partial charge in [-0.15, -0.1) is 10.2 Å². The number of aromatic nitrogens is 4. The van der Waals surface area contributed by atoms with Crippen LogP contribution in [0.5, 0.6) is 0 Å². The summed E-state index contributed by atoms with van der Waals surface area (Å²) in [6, 6.07) is 1.16. The highest BCUT2D eigenvalue weighted by atomic mass is 32.2. The molecule has 0 spiro atoms. The Kier molecular flexibility index (Phi) is 3.97. The molecule has 2 aromatic rings. The van der Waals surface area contributed by atoms with E-state index in [-0.39, 0.29) is 10.7 Å². The van der Waals surface area contributed by atoms with Gasteiger partial charge in [0.1, 0.15) is 0 Å². The Morgan fingerprint density at radius 3 is 2.52 bits per heavy atom. The van der Waals surface area contributed by atoms with Crippen LogP contribution in [0.1, 0.15) is 35.5 Å². The minimum atomic E-state index is -3.74. The molecular weight excluding hydrogens is 292 g/mol. The van der Waals surface area contributed by atoms with Crippen LogP contribution in [-0.2, 0) is 10.0 Å². The number of nitrogens with two attached hydrogens (primary N) is 1. The van der Waals surface area contributed by atoms with E-state index in [1.165, 1.54) is 0 Å². The third-order valence-electron chi connectivity index (χ3n) is 3.31. The van der Waals surface area contributed by atoms with Crippen LogP contribution >= 0.6 is 0 Å². The molecule has 0 aliphatic rings. The Labute approximate surface area is 123 Å². The molecular formula is C12H18N6O2S. The SMILES string of the molecule is Cc1cc(C)c(S(=O)(=O)NC(C)c2nn[nH]n2)c(C)c1N. The number of hydrogen-bond acceptors (Lipinski definition) is 6. The van der Waals surface area contributed by atoms with E-state index >= 15 is 0 Å². The van der Waals surface area contributed by atoms with Gasteiger partial charge in [-0.25, -0.2) is 13.1 Å². The number of sulfonamides is 1. The molecule has 0 aliphatic carbocycles. The van der Waals surface area contributed by atoms with Crippen molar-refractivity contribution in [2.45, 2.75) is 38.6 Å². The van der Waals surface area contributed by atoms with Gasteiger partial charge in [0, 0.05) is 5.69 Å². The van der Waals surface area contributed by atoms with Crippen molar-refractivity contribution >= 4 is 15.7 Å². The summed E-state index contributed by atoms with van der Waals surface area (Å²) in [6.45, 7) is 6.93. The summed E-state index contributed by atoms with van der Waals surface area (Å²) in [6.07, 6.45) is 0. The van der Waals surface area contributed by atoms with E-state index in [9.17, 15) is 8.42 Å². The fraction of sp³-hybridized carbons (Fsp3) is 0.417. The van der Waals surface area contributed by atoms with Crippen LogP contribution in [0.2, 0.25) is 0 Å². The lowest BCUT2D eigenvalue weighted by atomic mass is 10.1. The predicted molar refractivity (Wildman–Crippen MR) is 78.0 cm³/mol. The maximum absolute atomic E-state index is 12.6. The third kappa shape index (κ3) is 2.88. The molecule has 2 rings (SSSR count). The van der Waals surface area contributed by atoms with Crippen molar-refractivity contribution in [2.75, 3.05) is 5.73 Å². The Hall–Kier alpha value is -2.00. The lowest BCUT2D eigenvalue weighted by Gasteiger charge is -2.17. The van der Waals surface area contributed by atoms with Gasteiger partial charge in [-0.2, -0.15) is 5.21 Å². The van der Waals surface area contributed by atoms with Gasteiger partial charge in [-0.1, -0.05) is 11.3 Å². The van der Waals surface area contributed by atoms with Gasteiger partial charge in [0.05, 0.1) is 10.9 Å². The fourth-order valence-electron chi connectivity index (χ4n) is 2.29. The van der Waals surface area contributed by atoms with Crippen LogP contribution in [0.4, 0.5) is 5.69 Å². The first-order valence-electron chi connectivity index (χ1n) is 6.36. The topological polar surface area (TPSA) is 127 Å². The van der Waals surface area contributed by atoms with Crippen molar-refractivity contribution in [3.63, 3.8) is 0 Å². The number of tetrazole rings is 1. The molecule has 0 bridgehead atoms. The van der Waals surface area contributed by atoms with Crippen molar-refractivity contribution in [1.29, 1.82) is 0 Å². The van der Waals surface area contributed by atoms with Crippen LogP contribution in [-0.4, -0.2) is 29.0 Å². The van der Waals surface area contributed by atoms with Crippen molar-refractivity contribution in [3.8, 4) is 0 Å². The average Bonchev–Trinajstić information content (AvgIpc) is 2.89. The summed E-state index contributed by atoms with van der Waals surface area (Å²) in [5.74, 6) is 0.272. The summed E-state index contributed by atoms with van der Waals surface area (Å²) < 4.78 is 27.7. The van der Waals surface area contributed by atoms with E-state index in [4.69, 9.17) is 5.73 Å². The Morgan fingerprint density at radius 1 is 1.29 bits per heavy atom. The second-order valence-corrected chi connectivity index (χ2v) is 6.64. The Balaban J connectivity index is 2.43. The summed E-state index contributed by atoms with van der Waals surface area (Å²) in [7, 11) is -3.74. The van der Waals surface area contributed by atoms with E-state index in [1.807, 2.05) is 6.92 Å². The third-order valence-corrected chi connectivity index (χ3v) is 5.14. The van der Waals surface area contributed by atoms with Crippen LogP contribution in [0.25, 0.3) is 0 Å². The zero-order valence-corrected chi connectivity index (χ0v) is 13.1. The number of nitrogen functional groups attached to an aromatic ring is 1. The van der Waals surface area contributed by atoms with Crippen molar-refractivity contribution in [2.24, 2.45) is 0 Å². The van der Waals surface area contributed by atoms with Gasteiger partial charge in [-0.05, 0) is 44.4 Å². The van der Waals surface area contributed by atoms with Gasteiger partial charge >= 0.3 is 0 Å². The molecule has 0 radical (unpaired) electrons. The van der Waals surface area contributed by atoms with Crippen molar-refractivity contribution in [3.05, 3.63) is 28.6 Å². The van der Waals surface area contributed by atoms with E-state index in [0.717, 1.165) is 5.56 Å². The summed E-state index contributed by atoms with van der Waals surface area (Å²) in [5, 5.41) is 13.2. The van der Waals surface area contributed by atoms with Crippen LogP contribution in [0.3, 0.4) is 0 Å². The molecule has 1 unspecified atom stereocenters. The van der Waals surface area contributed by atoms with E-state index in [1.54, 1.807) is 26.8 Å². The predicted octanol–water partition coefficient (Wildman–Crippen LogP) is 0.747. The van der Waals surface area contributed by atoms with Gasteiger partial charge < -0.3 is 5.73 Å². The second-order valence-electron chi connectivity index (χ2n) is 4.99. The molecule has 0 aliphatic heterocycles. The summed E-state index contributed by atoms with van der Waals surface area (Å²) >= 11 is 0. The van der Waals surface area contributed by atoms with Gasteiger partial charge in [0.15, 0.2) is 5.82 Å². The molecule has 1 aromatic heterocycles. The van der Waals surface area contributed by atoms with Gasteiger partial charge in [0.2, 0.25) is 10.0 Å². The number of rotatable bonds is 4. The molecule has 9 heteroatoms. The van der Waals surface area contributed by atoms with Crippen LogP contribution in [0, 0.1) is 20.8 Å². The molecule has 114 valence electrons. The molecule has 1 aromatic carbocycles. The monoisotopic (exact) mass is 310 g/mol. The first-order valence-corrected chi connectivity index (χ1v) is 7.84. The highest BCUT2D eigenvalue weighted by Gasteiger charge is 2.25. The largest absolute Gasteiger partial charge is 0.398 e. The number of aryl methyl sites for hydroxylation is 2. The maximum atomic E-state index is 12.6. The minimum absolute atomic E-state index is 0.195. The summed E-state index contributed by atoms with van der Waals surface area (Å²) in [5.41, 5.74) is 8.47. The zero-order valence-electron chi connectivity index (χ0n) is 12.3. The highest BCUT2D eigenvalue weighted by molar-refractivity contribution is 7.89. The molecule has 8 nitrogen and oxygen atoms in total. The summed E-state index contributed by atoms with van der Waals surface area (Å²) in [4.78, 5) is 0.195. The zero-order chi connectivity index (χ0) is 15.8.